The third-order valence-electron chi connectivity index (χ3n) is 2.95. The summed E-state index contributed by atoms with van der Waals surface area (Å²) in [4.78, 5) is 2.09. The van der Waals surface area contributed by atoms with Crippen LogP contribution in [0.3, 0.4) is 0 Å². The molecule has 2 atom stereocenters. The average Bonchev–Trinajstić information content (AvgIpc) is 2.74. The van der Waals surface area contributed by atoms with Gasteiger partial charge in [0.15, 0.2) is 0 Å². The molecule has 1 aliphatic heterocycles. The molecule has 1 fully saturated rings. The van der Waals surface area contributed by atoms with Crippen LogP contribution in [0.5, 0.6) is 0 Å². The van der Waals surface area contributed by atoms with Crippen LogP contribution in [-0.4, -0.2) is 69.9 Å². The van der Waals surface area contributed by atoms with Crippen LogP contribution in [0.1, 0.15) is 0 Å². The van der Waals surface area contributed by atoms with Crippen molar-refractivity contribution in [1.29, 1.82) is 0 Å². The van der Waals surface area contributed by atoms with E-state index in [1.54, 1.807) is 17.1 Å². The van der Waals surface area contributed by atoms with E-state index in [9.17, 15) is 5.11 Å². The first-order valence-corrected chi connectivity index (χ1v) is 6.08. The monoisotopic (exact) mass is 256 g/mol. The SMILES string of the molecule is Nc1cnn(CC(O)CN2CCOC(CO)C2)c1. The molecule has 1 aliphatic rings. The van der Waals surface area contributed by atoms with E-state index in [0.717, 1.165) is 6.54 Å². The number of nitrogen functional groups attached to an aromatic ring is 1. The van der Waals surface area contributed by atoms with Gasteiger partial charge in [0.2, 0.25) is 0 Å². The standard InChI is InChI=1S/C11H20N4O3/c12-9-3-13-15(4-9)6-10(17)5-14-1-2-18-11(7-14)8-16/h3-4,10-11,16-17H,1-2,5-8,12H2. The maximum absolute atomic E-state index is 9.98. The van der Waals surface area contributed by atoms with Gasteiger partial charge < -0.3 is 20.7 Å². The second-order valence-corrected chi connectivity index (χ2v) is 4.58. The summed E-state index contributed by atoms with van der Waals surface area (Å²) in [5, 5.41) is 23.0. The van der Waals surface area contributed by atoms with Crippen molar-refractivity contribution in [3.05, 3.63) is 12.4 Å². The fraction of sp³-hybridized carbons (Fsp3) is 0.727. The molecular weight excluding hydrogens is 236 g/mol. The first kappa shape index (κ1) is 13.3. The molecule has 0 aromatic carbocycles. The Morgan fingerprint density at radius 3 is 3.06 bits per heavy atom. The predicted molar refractivity (Wildman–Crippen MR) is 65.9 cm³/mol. The van der Waals surface area contributed by atoms with Crippen LogP contribution < -0.4 is 5.73 Å². The summed E-state index contributed by atoms with van der Waals surface area (Å²) in [7, 11) is 0. The smallest absolute Gasteiger partial charge is 0.0932 e. The maximum Gasteiger partial charge on any atom is 0.0932 e. The minimum absolute atomic E-state index is 0.0162. The lowest BCUT2D eigenvalue weighted by molar-refractivity contribution is -0.0626. The molecule has 2 heterocycles. The molecule has 0 radical (unpaired) electrons. The Morgan fingerprint density at radius 1 is 1.56 bits per heavy atom. The van der Waals surface area contributed by atoms with E-state index in [0.29, 0.717) is 31.9 Å². The fourth-order valence-electron chi connectivity index (χ4n) is 2.11. The summed E-state index contributed by atoms with van der Waals surface area (Å²) >= 11 is 0. The van der Waals surface area contributed by atoms with E-state index in [1.165, 1.54) is 0 Å². The number of rotatable bonds is 5. The van der Waals surface area contributed by atoms with Crippen molar-refractivity contribution in [3.63, 3.8) is 0 Å². The molecule has 18 heavy (non-hydrogen) atoms. The lowest BCUT2D eigenvalue weighted by Gasteiger charge is -2.33. The summed E-state index contributed by atoms with van der Waals surface area (Å²) in [6.07, 6.45) is 2.59. The minimum Gasteiger partial charge on any atom is -0.396 e. The number of nitrogens with zero attached hydrogens (tertiary/aromatic N) is 3. The molecule has 0 saturated carbocycles. The van der Waals surface area contributed by atoms with Crippen molar-refractivity contribution in [2.75, 3.05) is 38.6 Å². The molecule has 0 amide bonds. The van der Waals surface area contributed by atoms with Crippen molar-refractivity contribution in [2.45, 2.75) is 18.8 Å². The zero-order valence-corrected chi connectivity index (χ0v) is 10.3. The second-order valence-electron chi connectivity index (χ2n) is 4.58. The summed E-state index contributed by atoms with van der Waals surface area (Å²) < 4.78 is 6.98. The number of anilines is 1. The number of hydrogen-bond donors (Lipinski definition) is 3. The molecule has 7 nitrogen and oxygen atoms in total. The van der Waals surface area contributed by atoms with E-state index < -0.39 is 6.10 Å². The van der Waals surface area contributed by atoms with Crippen LogP contribution >= 0.6 is 0 Å². The normalized spacial score (nSPS) is 23.1. The van der Waals surface area contributed by atoms with Gasteiger partial charge in [0.1, 0.15) is 0 Å². The molecule has 1 aromatic rings. The first-order chi connectivity index (χ1) is 8.67. The molecule has 0 bridgehead atoms. The lowest BCUT2D eigenvalue weighted by Crippen LogP contribution is -2.47. The summed E-state index contributed by atoms with van der Waals surface area (Å²) in [6, 6.07) is 0. The third-order valence-corrected chi connectivity index (χ3v) is 2.95. The second kappa shape index (κ2) is 6.14. The summed E-state index contributed by atoms with van der Waals surface area (Å²) in [5.74, 6) is 0. The van der Waals surface area contributed by atoms with Gasteiger partial charge in [-0.2, -0.15) is 5.10 Å². The highest BCUT2D eigenvalue weighted by molar-refractivity contribution is 5.30. The quantitative estimate of drug-likeness (QED) is 0.594. The minimum atomic E-state index is -0.512. The Hall–Kier alpha value is -1.15. The zero-order valence-electron chi connectivity index (χ0n) is 10.3. The molecule has 0 spiro atoms. The van der Waals surface area contributed by atoms with E-state index in [4.69, 9.17) is 15.6 Å². The molecule has 1 saturated heterocycles. The molecule has 1 aromatic heterocycles. The third kappa shape index (κ3) is 3.67. The maximum atomic E-state index is 9.98. The number of morpholine rings is 1. The number of β-amino-alcohol motifs (C(OH)–C–C–N with tert-alkyl or cyclic N) is 1. The molecule has 102 valence electrons. The van der Waals surface area contributed by atoms with Gasteiger partial charge in [-0.3, -0.25) is 9.58 Å². The molecular formula is C11H20N4O3. The number of ether oxygens (including phenoxy) is 1. The van der Waals surface area contributed by atoms with E-state index in [-0.39, 0.29) is 12.7 Å². The van der Waals surface area contributed by atoms with Gasteiger partial charge in [-0.15, -0.1) is 0 Å². The van der Waals surface area contributed by atoms with Gasteiger partial charge in [-0.05, 0) is 0 Å². The molecule has 0 aliphatic carbocycles. The first-order valence-electron chi connectivity index (χ1n) is 6.08. The Morgan fingerprint density at radius 2 is 2.39 bits per heavy atom. The fourth-order valence-corrected chi connectivity index (χ4v) is 2.11. The predicted octanol–water partition coefficient (Wildman–Crippen LogP) is -1.48. The van der Waals surface area contributed by atoms with Crippen molar-refractivity contribution in [1.82, 2.24) is 14.7 Å². The van der Waals surface area contributed by atoms with Crippen LogP contribution in [-0.2, 0) is 11.3 Å². The highest BCUT2D eigenvalue weighted by atomic mass is 16.5. The topological polar surface area (TPSA) is 96.8 Å². The highest BCUT2D eigenvalue weighted by Gasteiger charge is 2.21. The Labute approximate surface area is 106 Å². The van der Waals surface area contributed by atoms with E-state index in [1.807, 2.05) is 0 Å². The van der Waals surface area contributed by atoms with Gasteiger partial charge in [-0.25, -0.2) is 0 Å². The molecule has 2 unspecified atom stereocenters. The number of nitrogens with two attached hydrogens (primary N) is 1. The van der Waals surface area contributed by atoms with Gasteiger partial charge in [0.05, 0.1) is 43.9 Å². The Balaban J connectivity index is 1.78. The van der Waals surface area contributed by atoms with Crippen LogP contribution in [0.4, 0.5) is 5.69 Å². The van der Waals surface area contributed by atoms with Crippen LogP contribution in [0.25, 0.3) is 0 Å². The van der Waals surface area contributed by atoms with Crippen LogP contribution in [0, 0.1) is 0 Å². The Kier molecular flexibility index (Phi) is 4.54. The van der Waals surface area contributed by atoms with Crippen molar-refractivity contribution < 1.29 is 14.9 Å². The van der Waals surface area contributed by atoms with Crippen LogP contribution in [0.15, 0.2) is 12.4 Å². The number of aromatic nitrogens is 2. The average molecular weight is 256 g/mol. The summed E-state index contributed by atoms with van der Waals surface area (Å²) in [5.41, 5.74) is 6.15. The molecule has 2 rings (SSSR count). The van der Waals surface area contributed by atoms with Gasteiger partial charge in [0, 0.05) is 25.8 Å². The zero-order chi connectivity index (χ0) is 13.0. The van der Waals surface area contributed by atoms with E-state index in [2.05, 4.69) is 10.00 Å². The van der Waals surface area contributed by atoms with Crippen molar-refractivity contribution >= 4 is 5.69 Å². The summed E-state index contributed by atoms with van der Waals surface area (Å²) in [6.45, 7) is 2.98. The highest BCUT2D eigenvalue weighted by Crippen LogP contribution is 2.06. The molecule has 7 heteroatoms. The number of aliphatic hydroxyl groups excluding tert-OH is 2. The largest absolute Gasteiger partial charge is 0.396 e. The number of hydrogen-bond acceptors (Lipinski definition) is 6. The van der Waals surface area contributed by atoms with Crippen molar-refractivity contribution in [2.24, 2.45) is 0 Å². The van der Waals surface area contributed by atoms with Gasteiger partial charge >= 0.3 is 0 Å². The van der Waals surface area contributed by atoms with Crippen molar-refractivity contribution in [3.8, 4) is 0 Å². The van der Waals surface area contributed by atoms with E-state index >= 15 is 0 Å². The van der Waals surface area contributed by atoms with Crippen LogP contribution in [0.2, 0.25) is 0 Å². The Bertz CT molecular complexity index is 371. The van der Waals surface area contributed by atoms with Gasteiger partial charge in [0.25, 0.3) is 0 Å². The number of aliphatic hydroxyl groups is 2. The lowest BCUT2D eigenvalue weighted by atomic mass is 10.2. The van der Waals surface area contributed by atoms with Gasteiger partial charge in [-0.1, -0.05) is 0 Å². The molecule has 4 N–H and O–H groups in total.